The minimum atomic E-state index is -0.121. The number of hydrogen-bond donors (Lipinski definition) is 0. The second-order valence-corrected chi connectivity index (χ2v) is 6.51. The van der Waals surface area contributed by atoms with E-state index in [0.29, 0.717) is 35.5 Å². The highest BCUT2D eigenvalue weighted by molar-refractivity contribution is 6.30. The summed E-state index contributed by atoms with van der Waals surface area (Å²) in [5, 5.41) is 4.67. The van der Waals surface area contributed by atoms with E-state index in [4.69, 9.17) is 20.9 Å². The molecule has 6 nitrogen and oxygen atoms in total. The van der Waals surface area contributed by atoms with E-state index in [9.17, 15) is 4.79 Å². The Hall–Kier alpha value is -2.86. The van der Waals surface area contributed by atoms with Gasteiger partial charge >= 0.3 is 0 Å². The first-order valence-electron chi connectivity index (χ1n) is 8.18. The fraction of sp³-hybridized carbons (Fsp3) is 0.211. The molecule has 1 amide bonds. The molecule has 132 valence electrons. The zero-order valence-electron chi connectivity index (χ0n) is 14.1. The number of rotatable bonds is 4. The van der Waals surface area contributed by atoms with Crippen LogP contribution in [0.3, 0.4) is 0 Å². The molecule has 0 radical (unpaired) electrons. The molecule has 4 rings (SSSR count). The molecule has 2 heterocycles. The molecule has 0 bridgehead atoms. The Morgan fingerprint density at radius 3 is 2.88 bits per heavy atom. The zero-order chi connectivity index (χ0) is 18.1. The van der Waals surface area contributed by atoms with E-state index in [1.54, 1.807) is 24.1 Å². The van der Waals surface area contributed by atoms with Crippen LogP contribution in [0.4, 0.5) is 5.69 Å². The first-order chi connectivity index (χ1) is 12.6. The van der Waals surface area contributed by atoms with E-state index in [0.717, 1.165) is 11.3 Å². The molecule has 1 saturated heterocycles. The summed E-state index contributed by atoms with van der Waals surface area (Å²) >= 11 is 6.03. The Morgan fingerprint density at radius 1 is 1.23 bits per heavy atom. The van der Waals surface area contributed by atoms with Gasteiger partial charge in [-0.25, -0.2) is 0 Å². The van der Waals surface area contributed by atoms with E-state index >= 15 is 0 Å². The number of nitrogens with zero attached hydrogens (tertiary/aromatic N) is 3. The monoisotopic (exact) mass is 369 g/mol. The average molecular weight is 370 g/mol. The maximum atomic E-state index is 12.4. The van der Waals surface area contributed by atoms with E-state index in [1.165, 1.54) is 0 Å². The topological polar surface area (TPSA) is 68.5 Å². The smallest absolute Gasteiger partial charge is 0.258 e. The van der Waals surface area contributed by atoms with Crippen molar-refractivity contribution in [2.75, 3.05) is 18.6 Å². The average Bonchev–Trinajstić information content (AvgIpc) is 3.28. The number of anilines is 1. The molecule has 2 aromatic carbocycles. The number of carbonyl (C=O) groups is 1. The summed E-state index contributed by atoms with van der Waals surface area (Å²) in [4.78, 5) is 18.6. The van der Waals surface area contributed by atoms with Crippen LogP contribution in [0.2, 0.25) is 5.02 Å². The summed E-state index contributed by atoms with van der Waals surface area (Å²) in [5.41, 5.74) is 1.56. The van der Waals surface area contributed by atoms with Gasteiger partial charge in [0, 0.05) is 35.2 Å². The molecule has 3 aromatic rings. The van der Waals surface area contributed by atoms with Crippen LogP contribution in [0.5, 0.6) is 5.75 Å². The second-order valence-electron chi connectivity index (χ2n) is 6.07. The summed E-state index contributed by atoms with van der Waals surface area (Å²) in [6.45, 7) is 0.496. The maximum absolute atomic E-state index is 12.4. The Bertz CT molecular complexity index is 956. The van der Waals surface area contributed by atoms with Crippen LogP contribution in [0.1, 0.15) is 18.2 Å². The largest absolute Gasteiger partial charge is 0.497 e. The van der Waals surface area contributed by atoms with Crippen molar-refractivity contribution in [3.63, 3.8) is 0 Å². The van der Waals surface area contributed by atoms with Gasteiger partial charge in [-0.2, -0.15) is 4.98 Å². The van der Waals surface area contributed by atoms with E-state index < -0.39 is 0 Å². The molecule has 1 aliphatic rings. The molecule has 1 aliphatic heterocycles. The molecule has 0 aliphatic carbocycles. The lowest BCUT2D eigenvalue weighted by atomic mass is 10.1. The van der Waals surface area contributed by atoms with Gasteiger partial charge in [0.1, 0.15) is 5.75 Å². The normalized spacial score (nSPS) is 16.9. The number of methoxy groups -OCH3 is 1. The molecular formula is C19H16ClN3O3. The first kappa shape index (κ1) is 16.6. The van der Waals surface area contributed by atoms with E-state index in [1.807, 2.05) is 36.4 Å². The fourth-order valence-electron chi connectivity index (χ4n) is 3.05. The molecule has 0 saturated carbocycles. The molecule has 1 atom stereocenters. The number of amides is 1. The predicted octanol–water partition coefficient (Wildman–Crippen LogP) is 3.92. The van der Waals surface area contributed by atoms with Crippen molar-refractivity contribution in [3.8, 4) is 17.2 Å². The Kier molecular flexibility index (Phi) is 4.34. The third kappa shape index (κ3) is 3.15. The molecule has 1 fully saturated rings. The number of aromatic nitrogens is 2. The third-order valence-electron chi connectivity index (χ3n) is 4.37. The summed E-state index contributed by atoms with van der Waals surface area (Å²) in [6, 6.07) is 14.7. The van der Waals surface area contributed by atoms with Gasteiger partial charge in [0.25, 0.3) is 5.89 Å². The first-order valence-corrected chi connectivity index (χ1v) is 8.56. The van der Waals surface area contributed by atoms with Gasteiger partial charge in [-0.1, -0.05) is 28.9 Å². The van der Waals surface area contributed by atoms with Crippen molar-refractivity contribution < 1.29 is 14.1 Å². The summed E-state index contributed by atoms with van der Waals surface area (Å²) in [6.07, 6.45) is 0.337. The molecule has 26 heavy (non-hydrogen) atoms. The van der Waals surface area contributed by atoms with E-state index in [2.05, 4.69) is 10.1 Å². The Morgan fingerprint density at radius 2 is 2.08 bits per heavy atom. The highest BCUT2D eigenvalue weighted by atomic mass is 35.5. The highest BCUT2D eigenvalue weighted by Crippen LogP contribution is 2.32. The minimum absolute atomic E-state index is 0.0185. The van der Waals surface area contributed by atoms with Crippen molar-refractivity contribution >= 4 is 23.2 Å². The highest BCUT2D eigenvalue weighted by Gasteiger charge is 2.34. The van der Waals surface area contributed by atoms with Gasteiger partial charge in [-0.15, -0.1) is 0 Å². The van der Waals surface area contributed by atoms with Crippen molar-refractivity contribution in [2.24, 2.45) is 0 Å². The van der Waals surface area contributed by atoms with Crippen molar-refractivity contribution in [1.82, 2.24) is 10.1 Å². The minimum Gasteiger partial charge on any atom is -0.497 e. The number of hydrogen-bond acceptors (Lipinski definition) is 5. The van der Waals surface area contributed by atoms with Gasteiger partial charge in [0.15, 0.2) is 5.82 Å². The van der Waals surface area contributed by atoms with Crippen molar-refractivity contribution in [2.45, 2.75) is 12.3 Å². The molecule has 1 unspecified atom stereocenters. The SMILES string of the molecule is COc1cccc(-c2nc(C3CC(=O)N(c4cccc(Cl)c4)C3)no2)c1. The quantitative estimate of drug-likeness (QED) is 0.697. The number of carbonyl (C=O) groups excluding carboxylic acids is 1. The third-order valence-corrected chi connectivity index (χ3v) is 4.60. The van der Waals surface area contributed by atoms with Crippen LogP contribution < -0.4 is 9.64 Å². The van der Waals surface area contributed by atoms with Crippen LogP contribution in [0, 0.1) is 0 Å². The molecule has 1 aromatic heterocycles. The van der Waals surface area contributed by atoms with Gasteiger partial charge in [0.05, 0.1) is 7.11 Å². The number of ether oxygens (including phenoxy) is 1. The predicted molar refractivity (Wildman–Crippen MR) is 97.4 cm³/mol. The summed E-state index contributed by atoms with van der Waals surface area (Å²) in [7, 11) is 1.60. The Labute approximate surface area is 155 Å². The maximum Gasteiger partial charge on any atom is 0.258 e. The number of benzene rings is 2. The molecule has 0 N–H and O–H groups in total. The van der Waals surface area contributed by atoms with Crippen LogP contribution in [0.25, 0.3) is 11.5 Å². The van der Waals surface area contributed by atoms with Gasteiger partial charge in [0.2, 0.25) is 5.91 Å². The van der Waals surface area contributed by atoms with Gasteiger partial charge in [-0.05, 0) is 36.4 Å². The summed E-state index contributed by atoms with van der Waals surface area (Å²) in [5.74, 6) is 1.55. The number of halogens is 1. The van der Waals surface area contributed by atoms with Crippen LogP contribution in [0.15, 0.2) is 53.1 Å². The molecule has 0 spiro atoms. The van der Waals surface area contributed by atoms with Crippen LogP contribution in [-0.4, -0.2) is 29.7 Å². The molecule has 7 heteroatoms. The molecular weight excluding hydrogens is 354 g/mol. The fourth-order valence-corrected chi connectivity index (χ4v) is 3.23. The van der Waals surface area contributed by atoms with Gasteiger partial charge in [-0.3, -0.25) is 4.79 Å². The van der Waals surface area contributed by atoms with Crippen LogP contribution in [-0.2, 0) is 4.79 Å². The van der Waals surface area contributed by atoms with Crippen molar-refractivity contribution in [1.29, 1.82) is 0 Å². The zero-order valence-corrected chi connectivity index (χ0v) is 14.8. The lowest BCUT2D eigenvalue weighted by molar-refractivity contribution is -0.117. The Balaban J connectivity index is 1.56. The second kappa shape index (κ2) is 6.80. The standard InChI is InChI=1S/C19H16ClN3O3/c1-25-16-7-2-4-12(8-16)19-21-18(22-26-19)13-9-17(24)23(11-13)15-6-3-5-14(20)10-15/h2-8,10,13H,9,11H2,1H3. The van der Waals surface area contributed by atoms with Gasteiger partial charge < -0.3 is 14.2 Å². The lowest BCUT2D eigenvalue weighted by Gasteiger charge is -2.16. The lowest BCUT2D eigenvalue weighted by Crippen LogP contribution is -2.24. The van der Waals surface area contributed by atoms with E-state index in [-0.39, 0.29) is 11.8 Å². The van der Waals surface area contributed by atoms with Crippen LogP contribution >= 0.6 is 11.6 Å². The summed E-state index contributed by atoms with van der Waals surface area (Å²) < 4.78 is 10.6. The van der Waals surface area contributed by atoms with Crippen molar-refractivity contribution in [3.05, 3.63) is 59.4 Å².